The van der Waals surface area contributed by atoms with Crippen molar-refractivity contribution in [2.45, 2.75) is 104 Å². The van der Waals surface area contributed by atoms with Crippen molar-refractivity contribution in [1.82, 2.24) is 0 Å². The minimum Gasteiger partial charge on any atom is -0.295 e. The summed E-state index contributed by atoms with van der Waals surface area (Å²) in [5, 5.41) is 0. The Morgan fingerprint density at radius 3 is 1.67 bits per heavy atom. The lowest BCUT2D eigenvalue weighted by Crippen LogP contribution is -2.12. The zero-order chi connectivity index (χ0) is 22.3. The van der Waals surface area contributed by atoms with Gasteiger partial charge in [-0.3, -0.25) is 4.79 Å². The number of benzene rings is 1. The first-order chi connectivity index (χ1) is 14.1. The molecule has 0 N–H and O–H groups in total. The number of carbonyl (C=O) groups excluding carboxylic acids is 1. The summed E-state index contributed by atoms with van der Waals surface area (Å²) < 4.78 is 37.5. The van der Waals surface area contributed by atoms with Gasteiger partial charge in [0.15, 0.2) is 5.78 Å². The summed E-state index contributed by atoms with van der Waals surface area (Å²) in [6.45, 7) is 8.48. The lowest BCUT2D eigenvalue weighted by Gasteiger charge is -2.24. The lowest BCUT2D eigenvalue weighted by molar-refractivity contribution is -0.137. The smallest absolute Gasteiger partial charge is 0.295 e. The van der Waals surface area contributed by atoms with Crippen molar-refractivity contribution in [3.63, 3.8) is 0 Å². The van der Waals surface area contributed by atoms with Gasteiger partial charge in [-0.05, 0) is 61.1 Å². The molecule has 1 nitrogen and oxygen atoms in total. The first kappa shape index (κ1) is 24.9. The normalized spacial score (nSPS) is 24.4. The Hall–Kier alpha value is -1.32. The molecular formula is C26H39F3O. The third kappa shape index (κ3) is 8.07. The fraction of sp³-hybridized carbons (Fsp3) is 0.731. The Bertz CT molecular complexity index is 659. The largest absolute Gasteiger partial charge is 0.416 e. The van der Waals surface area contributed by atoms with Gasteiger partial charge in [0, 0.05) is 5.56 Å². The highest BCUT2D eigenvalue weighted by atomic mass is 19.4. The highest BCUT2D eigenvalue weighted by Gasteiger charge is 2.34. The van der Waals surface area contributed by atoms with Gasteiger partial charge in [0.2, 0.25) is 0 Å². The standard InChI is InChI=1S/C12H11F3O.C8H16.C6H12/c1-7(16)10-5-4-9(12(13,14)15)6-11(10)8-2-3-8;1-7-5-3-4-6-8(7)2;1-6-4-2-3-5-6/h4-6,8H,2-3H2,1H3;7-8H,3-6H2,1-2H3;6H,2-5H2,1H3/t;7-,8+;. The highest BCUT2D eigenvalue weighted by molar-refractivity contribution is 5.96. The summed E-state index contributed by atoms with van der Waals surface area (Å²) in [5.74, 6) is 3.02. The quantitative estimate of drug-likeness (QED) is 0.433. The van der Waals surface area contributed by atoms with Crippen molar-refractivity contribution in [2.75, 3.05) is 0 Å². The van der Waals surface area contributed by atoms with Crippen LogP contribution in [-0.4, -0.2) is 5.78 Å². The SMILES string of the molecule is CC(=O)c1ccc(C(F)(F)F)cc1C1CC1.CC1CCCC1.C[C@@H]1CCCC[C@@H]1C. The fourth-order valence-corrected chi connectivity index (χ4v) is 4.42. The molecule has 3 aliphatic carbocycles. The van der Waals surface area contributed by atoms with Crippen molar-refractivity contribution >= 4 is 5.78 Å². The number of ketones is 1. The molecule has 1 aromatic carbocycles. The van der Waals surface area contributed by atoms with E-state index in [0.29, 0.717) is 11.1 Å². The molecule has 30 heavy (non-hydrogen) atoms. The molecule has 1 aromatic rings. The topological polar surface area (TPSA) is 17.1 Å². The van der Waals surface area contributed by atoms with Gasteiger partial charge in [-0.25, -0.2) is 0 Å². The molecular weight excluding hydrogens is 385 g/mol. The van der Waals surface area contributed by atoms with Gasteiger partial charge in [0.05, 0.1) is 5.56 Å². The van der Waals surface area contributed by atoms with Gasteiger partial charge in [0.25, 0.3) is 0 Å². The van der Waals surface area contributed by atoms with E-state index < -0.39 is 11.7 Å². The molecule has 0 radical (unpaired) electrons. The van der Waals surface area contributed by atoms with Crippen molar-refractivity contribution < 1.29 is 18.0 Å². The number of Topliss-reactive ketones (excluding diaryl/α,β-unsaturated/α-hetero) is 1. The average molecular weight is 425 g/mol. The first-order valence-corrected chi connectivity index (χ1v) is 11.8. The predicted octanol–water partition coefficient (Wildman–Crippen LogP) is 8.81. The van der Waals surface area contributed by atoms with Crippen LogP contribution in [0.15, 0.2) is 18.2 Å². The van der Waals surface area contributed by atoms with E-state index in [0.717, 1.165) is 42.7 Å². The molecule has 3 fully saturated rings. The van der Waals surface area contributed by atoms with E-state index in [-0.39, 0.29) is 11.7 Å². The summed E-state index contributed by atoms with van der Waals surface area (Å²) >= 11 is 0. The van der Waals surface area contributed by atoms with Crippen LogP contribution in [0.1, 0.15) is 119 Å². The molecule has 170 valence electrons. The molecule has 0 aromatic heterocycles. The molecule has 4 heteroatoms. The van der Waals surface area contributed by atoms with E-state index in [1.807, 2.05) is 0 Å². The van der Waals surface area contributed by atoms with Crippen LogP contribution in [0.25, 0.3) is 0 Å². The van der Waals surface area contributed by atoms with Crippen LogP contribution >= 0.6 is 0 Å². The molecule has 3 aliphatic rings. The van der Waals surface area contributed by atoms with Gasteiger partial charge in [0.1, 0.15) is 0 Å². The van der Waals surface area contributed by atoms with Crippen LogP contribution in [0.2, 0.25) is 0 Å². The van der Waals surface area contributed by atoms with E-state index in [4.69, 9.17) is 0 Å². The summed E-state index contributed by atoms with van der Waals surface area (Å²) in [4.78, 5) is 11.3. The lowest BCUT2D eigenvalue weighted by atomic mass is 9.82. The van der Waals surface area contributed by atoms with Crippen LogP contribution in [0.3, 0.4) is 0 Å². The van der Waals surface area contributed by atoms with Crippen molar-refractivity contribution in [2.24, 2.45) is 17.8 Å². The maximum Gasteiger partial charge on any atom is 0.416 e. The number of halogens is 3. The Kier molecular flexibility index (Phi) is 9.43. The maximum atomic E-state index is 12.5. The molecule has 0 heterocycles. The van der Waals surface area contributed by atoms with Crippen LogP contribution in [0.5, 0.6) is 0 Å². The van der Waals surface area contributed by atoms with Crippen molar-refractivity contribution in [1.29, 1.82) is 0 Å². The molecule has 0 bridgehead atoms. The second-order valence-corrected chi connectivity index (χ2v) is 9.76. The van der Waals surface area contributed by atoms with Crippen LogP contribution in [0.4, 0.5) is 13.2 Å². The number of alkyl halides is 3. The molecule has 3 saturated carbocycles. The molecule has 0 unspecified atom stereocenters. The summed E-state index contributed by atoms with van der Waals surface area (Å²) in [7, 11) is 0. The number of rotatable bonds is 2. The highest BCUT2D eigenvalue weighted by Crippen LogP contribution is 2.43. The number of hydrogen-bond donors (Lipinski definition) is 0. The second kappa shape index (κ2) is 11.3. The molecule has 0 spiro atoms. The Morgan fingerprint density at radius 1 is 0.833 bits per heavy atom. The van der Waals surface area contributed by atoms with Gasteiger partial charge < -0.3 is 0 Å². The number of hydrogen-bond acceptors (Lipinski definition) is 1. The Balaban J connectivity index is 0.000000189. The van der Waals surface area contributed by atoms with Crippen LogP contribution in [0, 0.1) is 17.8 Å². The fourth-order valence-electron chi connectivity index (χ4n) is 4.42. The maximum absolute atomic E-state index is 12.5. The zero-order valence-electron chi connectivity index (χ0n) is 19.2. The molecule has 4 rings (SSSR count). The third-order valence-electron chi connectivity index (χ3n) is 6.96. The van der Waals surface area contributed by atoms with Gasteiger partial charge in [-0.15, -0.1) is 0 Å². The van der Waals surface area contributed by atoms with E-state index in [2.05, 4.69) is 20.8 Å². The monoisotopic (exact) mass is 424 g/mol. The average Bonchev–Trinajstić information content (AvgIpc) is 3.43. The molecule has 0 amide bonds. The predicted molar refractivity (Wildman–Crippen MR) is 118 cm³/mol. The minimum atomic E-state index is -4.33. The van der Waals surface area contributed by atoms with Crippen LogP contribution < -0.4 is 0 Å². The summed E-state index contributed by atoms with van der Waals surface area (Å²) in [6.07, 6.45) is 9.27. The Labute approximate surface area is 180 Å². The van der Waals surface area contributed by atoms with E-state index in [1.165, 1.54) is 64.4 Å². The van der Waals surface area contributed by atoms with Gasteiger partial charge >= 0.3 is 6.18 Å². The van der Waals surface area contributed by atoms with Crippen molar-refractivity contribution in [3.05, 3.63) is 34.9 Å². The van der Waals surface area contributed by atoms with Gasteiger partial charge in [-0.2, -0.15) is 13.2 Å². The second-order valence-electron chi connectivity index (χ2n) is 9.76. The van der Waals surface area contributed by atoms with Crippen molar-refractivity contribution in [3.8, 4) is 0 Å². The first-order valence-electron chi connectivity index (χ1n) is 11.8. The summed E-state index contributed by atoms with van der Waals surface area (Å²) in [6, 6.07) is 3.38. The van der Waals surface area contributed by atoms with E-state index >= 15 is 0 Å². The number of carbonyl (C=O) groups is 1. The molecule has 0 aliphatic heterocycles. The van der Waals surface area contributed by atoms with E-state index in [1.54, 1.807) is 0 Å². The van der Waals surface area contributed by atoms with Gasteiger partial charge in [-0.1, -0.05) is 78.2 Å². The zero-order valence-corrected chi connectivity index (χ0v) is 19.2. The minimum absolute atomic E-state index is 0.140. The molecule has 2 atom stereocenters. The van der Waals surface area contributed by atoms with Crippen LogP contribution in [-0.2, 0) is 6.18 Å². The molecule has 0 saturated heterocycles. The summed E-state index contributed by atoms with van der Waals surface area (Å²) in [5.41, 5.74) is 0.317. The Morgan fingerprint density at radius 2 is 1.33 bits per heavy atom. The van der Waals surface area contributed by atoms with E-state index in [9.17, 15) is 18.0 Å². The third-order valence-corrected chi connectivity index (χ3v) is 6.96.